The van der Waals surface area contributed by atoms with Crippen LogP contribution in [-0.4, -0.2) is 4.37 Å². The van der Waals surface area contributed by atoms with Crippen LogP contribution >= 0.6 is 22.9 Å². The third-order valence-electron chi connectivity index (χ3n) is 3.27. The first-order valence-corrected chi connectivity index (χ1v) is 7.50. The zero-order valence-corrected chi connectivity index (χ0v) is 12.3. The van der Waals surface area contributed by atoms with Gasteiger partial charge in [0.15, 0.2) is 0 Å². The smallest absolute Gasteiger partial charge is 0.181 e. The van der Waals surface area contributed by atoms with Gasteiger partial charge in [0.25, 0.3) is 0 Å². The molecule has 3 aromatic rings. The molecule has 1 nitrogen and oxygen atoms in total. The number of fused-ring (bicyclic) bond motifs is 1. The highest BCUT2D eigenvalue weighted by Crippen LogP contribution is 2.41. The van der Waals surface area contributed by atoms with Crippen molar-refractivity contribution < 1.29 is 13.2 Å². The maximum absolute atomic E-state index is 12.8. The second kappa shape index (κ2) is 4.56. The highest BCUT2D eigenvalue weighted by Gasteiger charge is 2.30. The van der Waals surface area contributed by atoms with Crippen molar-refractivity contribution in [3.8, 4) is 10.4 Å². The molecule has 0 aliphatic carbocycles. The normalized spacial score (nSPS) is 12.2. The lowest BCUT2D eigenvalue weighted by atomic mass is 10.1. The lowest BCUT2D eigenvalue weighted by Gasteiger charge is -2.07. The Labute approximate surface area is 121 Å². The molecule has 0 unspecified atom stereocenters. The van der Waals surface area contributed by atoms with Crippen LogP contribution < -0.4 is 0 Å². The largest absolute Gasteiger partial charge is 0.416 e. The Bertz CT molecular complexity index is 783. The molecule has 0 radical (unpaired) electrons. The summed E-state index contributed by atoms with van der Waals surface area (Å²) < 4.78 is 42.7. The molecule has 0 bridgehead atoms. The average Bonchev–Trinajstić information content (AvgIpc) is 2.91. The number of halogens is 3. The fraction of sp³-hybridized carbons (Fsp3) is 0.214. The van der Waals surface area contributed by atoms with Crippen LogP contribution in [-0.2, 0) is 6.18 Å². The van der Waals surface area contributed by atoms with Crippen molar-refractivity contribution in [2.45, 2.75) is 20.0 Å². The van der Waals surface area contributed by atoms with E-state index in [1.54, 1.807) is 17.4 Å². The van der Waals surface area contributed by atoms with Gasteiger partial charge in [0.2, 0.25) is 0 Å². The molecule has 0 aliphatic heterocycles. The summed E-state index contributed by atoms with van der Waals surface area (Å²) >= 11 is 2.84. The quantitative estimate of drug-likeness (QED) is 0.565. The number of alkyl halides is 3. The van der Waals surface area contributed by atoms with Crippen LogP contribution in [0.1, 0.15) is 16.0 Å². The first-order valence-electron chi connectivity index (χ1n) is 5.91. The molecular weight excluding hydrogens is 303 g/mol. The number of thiophene rings is 1. The van der Waals surface area contributed by atoms with Gasteiger partial charge >= 0.3 is 6.18 Å². The van der Waals surface area contributed by atoms with E-state index < -0.39 is 11.7 Å². The maximum Gasteiger partial charge on any atom is 0.416 e. The number of hydrogen-bond acceptors (Lipinski definition) is 3. The molecule has 20 heavy (non-hydrogen) atoms. The van der Waals surface area contributed by atoms with E-state index in [-0.39, 0.29) is 0 Å². The van der Waals surface area contributed by atoms with Crippen LogP contribution in [0.25, 0.3) is 20.7 Å². The van der Waals surface area contributed by atoms with E-state index in [9.17, 15) is 13.2 Å². The minimum atomic E-state index is -4.32. The van der Waals surface area contributed by atoms with Gasteiger partial charge in [-0.25, -0.2) is 0 Å². The first kappa shape index (κ1) is 13.6. The molecule has 6 heteroatoms. The molecule has 2 heterocycles. The molecule has 0 saturated heterocycles. The third kappa shape index (κ3) is 2.13. The van der Waals surface area contributed by atoms with E-state index in [1.807, 2.05) is 13.8 Å². The molecule has 0 fully saturated rings. The molecule has 3 rings (SSSR count). The van der Waals surface area contributed by atoms with Gasteiger partial charge in [0.1, 0.15) is 4.83 Å². The Kier molecular flexibility index (Phi) is 3.10. The molecular formula is C14H10F3NS2. The molecule has 0 N–H and O–H groups in total. The number of rotatable bonds is 1. The molecule has 2 aromatic heterocycles. The minimum Gasteiger partial charge on any atom is -0.181 e. The summed E-state index contributed by atoms with van der Waals surface area (Å²) in [7, 11) is 0. The van der Waals surface area contributed by atoms with Crippen molar-refractivity contribution in [2.75, 3.05) is 0 Å². The molecule has 0 saturated carbocycles. The van der Waals surface area contributed by atoms with Crippen LogP contribution in [0.3, 0.4) is 0 Å². The van der Waals surface area contributed by atoms with Crippen LogP contribution in [0.4, 0.5) is 13.2 Å². The number of aromatic nitrogens is 1. The van der Waals surface area contributed by atoms with E-state index in [4.69, 9.17) is 0 Å². The predicted molar refractivity (Wildman–Crippen MR) is 77.4 cm³/mol. The lowest BCUT2D eigenvalue weighted by Crippen LogP contribution is -2.04. The van der Waals surface area contributed by atoms with Gasteiger partial charge in [-0.2, -0.15) is 17.5 Å². The summed E-state index contributed by atoms with van der Waals surface area (Å²) in [4.78, 5) is 2.87. The Morgan fingerprint density at radius 2 is 1.90 bits per heavy atom. The molecule has 0 atom stereocenters. The lowest BCUT2D eigenvalue weighted by molar-refractivity contribution is -0.137. The van der Waals surface area contributed by atoms with Crippen LogP contribution in [0, 0.1) is 13.8 Å². The Morgan fingerprint density at radius 1 is 1.15 bits per heavy atom. The van der Waals surface area contributed by atoms with Gasteiger partial charge in [0.05, 0.1) is 10.4 Å². The van der Waals surface area contributed by atoms with Gasteiger partial charge in [-0.1, -0.05) is 12.1 Å². The molecule has 0 aliphatic rings. The monoisotopic (exact) mass is 313 g/mol. The van der Waals surface area contributed by atoms with E-state index in [1.165, 1.54) is 23.7 Å². The summed E-state index contributed by atoms with van der Waals surface area (Å²) in [6, 6.07) is 5.43. The topological polar surface area (TPSA) is 12.9 Å². The fourth-order valence-electron chi connectivity index (χ4n) is 2.11. The van der Waals surface area contributed by atoms with E-state index >= 15 is 0 Å². The summed E-state index contributed by atoms with van der Waals surface area (Å²) in [5.74, 6) is 0. The fourth-order valence-corrected chi connectivity index (χ4v) is 4.17. The number of benzene rings is 1. The van der Waals surface area contributed by atoms with Gasteiger partial charge < -0.3 is 0 Å². The van der Waals surface area contributed by atoms with Gasteiger partial charge in [0, 0.05) is 10.3 Å². The standard InChI is InChI=1S/C14H10F3NS2/c1-7-8(2)19-13-11(7)12(20-18-13)9-4-3-5-10(6-9)14(15,16)17/h3-6H,1-2H3. The molecule has 104 valence electrons. The molecule has 0 amide bonds. The second-order valence-corrected chi connectivity index (χ2v) is 6.53. The average molecular weight is 313 g/mol. The Hall–Kier alpha value is -1.40. The third-order valence-corrected chi connectivity index (χ3v) is 5.38. The van der Waals surface area contributed by atoms with E-state index in [2.05, 4.69) is 4.37 Å². The van der Waals surface area contributed by atoms with Crippen molar-refractivity contribution in [3.63, 3.8) is 0 Å². The summed E-state index contributed by atoms with van der Waals surface area (Å²) in [6.07, 6.45) is -4.32. The number of aryl methyl sites for hydroxylation is 2. The van der Waals surface area contributed by atoms with E-state index in [0.717, 1.165) is 31.6 Å². The summed E-state index contributed by atoms with van der Waals surface area (Å²) in [5.41, 5.74) is 1.06. The maximum atomic E-state index is 12.8. The minimum absolute atomic E-state index is 0.577. The summed E-state index contributed by atoms with van der Waals surface area (Å²) in [6.45, 7) is 3.99. The van der Waals surface area contributed by atoms with Gasteiger partial charge in [-0.05, 0) is 48.6 Å². The highest BCUT2D eigenvalue weighted by atomic mass is 32.1. The zero-order chi connectivity index (χ0) is 14.5. The van der Waals surface area contributed by atoms with Crippen molar-refractivity contribution in [1.29, 1.82) is 0 Å². The van der Waals surface area contributed by atoms with Crippen LogP contribution in [0.2, 0.25) is 0 Å². The molecule has 1 aromatic carbocycles. The van der Waals surface area contributed by atoms with E-state index in [0.29, 0.717) is 5.56 Å². The van der Waals surface area contributed by atoms with Gasteiger partial charge in [-0.15, -0.1) is 11.3 Å². The Morgan fingerprint density at radius 3 is 2.60 bits per heavy atom. The second-order valence-electron chi connectivity index (χ2n) is 4.55. The number of nitrogens with zero attached hydrogens (tertiary/aromatic N) is 1. The highest BCUT2D eigenvalue weighted by molar-refractivity contribution is 7.22. The van der Waals surface area contributed by atoms with Crippen molar-refractivity contribution in [1.82, 2.24) is 4.37 Å². The molecule has 0 spiro atoms. The SMILES string of the molecule is Cc1sc2nsc(-c3cccc(C(F)(F)F)c3)c2c1C. The number of hydrogen-bond donors (Lipinski definition) is 0. The summed E-state index contributed by atoms with van der Waals surface area (Å²) in [5, 5.41) is 0.983. The van der Waals surface area contributed by atoms with Crippen molar-refractivity contribution in [3.05, 3.63) is 40.3 Å². The van der Waals surface area contributed by atoms with Crippen molar-refractivity contribution in [2.24, 2.45) is 0 Å². The van der Waals surface area contributed by atoms with Crippen LogP contribution in [0.5, 0.6) is 0 Å². The zero-order valence-electron chi connectivity index (χ0n) is 10.7. The Balaban J connectivity index is 2.21. The van der Waals surface area contributed by atoms with Crippen LogP contribution in [0.15, 0.2) is 24.3 Å². The van der Waals surface area contributed by atoms with Crippen molar-refractivity contribution >= 4 is 33.1 Å². The predicted octanol–water partition coefficient (Wildman–Crippen LogP) is 5.66. The first-order chi connectivity index (χ1) is 9.38. The van der Waals surface area contributed by atoms with Gasteiger partial charge in [-0.3, -0.25) is 0 Å².